The molecule has 0 heterocycles. The predicted molar refractivity (Wildman–Crippen MR) is 70.4 cm³/mol. The molecule has 1 aromatic rings. The molecule has 98 valence electrons. The molecule has 1 aliphatic rings. The lowest BCUT2D eigenvalue weighted by atomic mass is 10.1. The Bertz CT molecular complexity index is 430. The van der Waals surface area contributed by atoms with Crippen LogP contribution in [0.1, 0.15) is 31.2 Å². The minimum absolute atomic E-state index is 0.00284. The van der Waals surface area contributed by atoms with E-state index in [1.807, 2.05) is 0 Å². The first-order valence-electron chi connectivity index (χ1n) is 6.34. The number of carbonyl (C=O) groups is 1. The van der Waals surface area contributed by atoms with Gasteiger partial charge in [0.05, 0.1) is 6.54 Å². The summed E-state index contributed by atoms with van der Waals surface area (Å²) < 4.78 is 13.4. The topological polar surface area (TPSA) is 29.1 Å². The molecule has 2 nitrogen and oxygen atoms in total. The van der Waals surface area contributed by atoms with Crippen molar-refractivity contribution in [2.45, 2.75) is 38.1 Å². The van der Waals surface area contributed by atoms with E-state index in [9.17, 15) is 9.18 Å². The van der Waals surface area contributed by atoms with Crippen LogP contribution in [-0.2, 0) is 11.2 Å². The van der Waals surface area contributed by atoms with Crippen LogP contribution in [0, 0.1) is 5.82 Å². The molecule has 0 saturated heterocycles. The zero-order chi connectivity index (χ0) is 13.0. The van der Waals surface area contributed by atoms with E-state index in [-0.39, 0.29) is 18.0 Å². The molecule has 1 fully saturated rings. The summed E-state index contributed by atoms with van der Waals surface area (Å²) in [5, 5.41) is 3.69. The smallest absolute Gasteiger partial charge is 0.151 e. The van der Waals surface area contributed by atoms with Gasteiger partial charge in [0.2, 0.25) is 0 Å². The maximum absolute atomic E-state index is 13.4. The van der Waals surface area contributed by atoms with Gasteiger partial charge in [-0.25, -0.2) is 4.39 Å². The molecule has 0 atom stereocenters. The zero-order valence-corrected chi connectivity index (χ0v) is 11.0. The summed E-state index contributed by atoms with van der Waals surface area (Å²) in [5.74, 6) is -0.364. The Balaban J connectivity index is 1.84. The summed E-state index contributed by atoms with van der Waals surface area (Å²) in [4.78, 5) is 11.8. The summed E-state index contributed by atoms with van der Waals surface area (Å²) >= 11 is 5.79. The van der Waals surface area contributed by atoms with Crippen LogP contribution in [0.2, 0.25) is 5.02 Å². The summed E-state index contributed by atoms with van der Waals surface area (Å²) in [7, 11) is 0. The number of rotatable bonds is 5. The Hall–Kier alpha value is -0.930. The van der Waals surface area contributed by atoms with E-state index in [0.29, 0.717) is 23.2 Å². The highest BCUT2D eigenvalue weighted by Crippen LogP contribution is 2.18. The van der Waals surface area contributed by atoms with Crippen LogP contribution in [0.3, 0.4) is 0 Å². The molecular weight excluding hydrogens is 253 g/mol. The average molecular weight is 270 g/mol. The third-order valence-electron chi connectivity index (χ3n) is 3.34. The molecule has 1 aromatic carbocycles. The SMILES string of the molecule is O=C(CNC1CCCC1)Cc1cc(Cl)ccc1F. The van der Waals surface area contributed by atoms with Gasteiger partial charge in [0.1, 0.15) is 5.82 Å². The van der Waals surface area contributed by atoms with Crippen molar-refractivity contribution in [2.24, 2.45) is 0 Å². The normalized spacial score (nSPS) is 16.1. The fourth-order valence-electron chi connectivity index (χ4n) is 2.34. The Labute approximate surface area is 112 Å². The maximum atomic E-state index is 13.4. The lowest BCUT2D eigenvalue weighted by molar-refractivity contribution is -0.117. The Morgan fingerprint density at radius 1 is 1.39 bits per heavy atom. The number of hydrogen-bond donors (Lipinski definition) is 1. The van der Waals surface area contributed by atoms with Gasteiger partial charge in [0.25, 0.3) is 0 Å². The van der Waals surface area contributed by atoms with Gasteiger partial charge in [-0.1, -0.05) is 24.4 Å². The zero-order valence-electron chi connectivity index (χ0n) is 10.2. The van der Waals surface area contributed by atoms with Crippen molar-refractivity contribution in [3.05, 3.63) is 34.6 Å². The monoisotopic (exact) mass is 269 g/mol. The molecule has 1 aliphatic carbocycles. The van der Waals surface area contributed by atoms with E-state index in [2.05, 4.69) is 5.32 Å². The van der Waals surface area contributed by atoms with Crippen molar-refractivity contribution in [3.8, 4) is 0 Å². The Morgan fingerprint density at radius 3 is 2.83 bits per heavy atom. The Kier molecular flexibility index (Phi) is 4.72. The van der Waals surface area contributed by atoms with Crippen molar-refractivity contribution >= 4 is 17.4 Å². The fraction of sp³-hybridized carbons (Fsp3) is 0.500. The number of ketones is 1. The second-order valence-electron chi connectivity index (χ2n) is 4.81. The van der Waals surface area contributed by atoms with Crippen LogP contribution in [0.5, 0.6) is 0 Å². The lowest BCUT2D eigenvalue weighted by Gasteiger charge is -2.11. The van der Waals surface area contributed by atoms with Crippen molar-refractivity contribution in [1.82, 2.24) is 5.32 Å². The second kappa shape index (κ2) is 6.30. The van der Waals surface area contributed by atoms with Gasteiger partial charge in [0.15, 0.2) is 5.78 Å². The van der Waals surface area contributed by atoms with Gasteiger partial charge < -0.3 is 5.32 Å². The molecule has 18 heavy (non-hydrogen) atoms. The highest BCUT2D eigenvalue weighted by Gasteiger charge is 2.16. The molecule has 2 rings (SSSR count). The number of Topliss-reactive ketones (excluding diaryl/α,β-unsaturated/α-hetero) is 1. The second-order valence-corrected chi connectivity index (χ2v) is 5.25. The van der Waals surface area contributed by atoms with Crippen molar-refractivity contribution < 1.29 is 9.18 Å². The summed E-state index contributed by atoms with van der Waals surface area (Å²) in [6, 6.07) is 4.76. The molecule has 0 radical (unpaired) electrons. The van der Waals surface area contributed by atoms with Gasteiger partial charge in [-0.2, -0.15) is 0 Å². The predicted octanol–water partition coefficient (Wildman–Crippen LogP) is 3.12. The first kappa shape index (κ1) is 13.5. The largest absolute Gasteiger partial charge is 0.307 e. The number of carbonyl (C=O) groups excluding carboxylic acids is 1. The summed E-state index contributed by atoms with van der Waals surface area (Å²) in [6.07, 6.45) is 4.84. The molecule has 0 unspecified atom stereocenters. The lowest BCUT2D eigenvalue weighted by Crippen LogP contribution is -2.32. The van der Waals surface area contributed by atoms with Gasteiger partial charge in [0, 0.05) is 17.5 Å². The molecular formula is C14H17ClFNO. The van der Waals surface area contributed by atoms with E-state index in [1.54, 1.807) is 0 Å². The number of nitrogens with one attached hydrogen (secondary N) is 1. The van der Waals surface area contributed by atoms with E-state index in [1.165, 1.54) is 31.0 Å². The van der Waals surface area contributed by atoms with Crippen LogP contribution in [0.25, 0.3) is 0 Å². The molecule has 0 amide bonds. The van der Waals surface area contributed by atoms with Crippen LogP contribution >= 0.6 is 11.6 Å². The maximum Gasteiger partial charge on any atom is 0.151 e. The molecule has 4 heteroatoms. The van der Waals surface area contributed by atoms with Crippen LogP contribution in [0.15, 0.2) is 18.2 Å². The van der Waals surface area contributed by atoms with Crippen LogP contribution in [0.4, 0.5) is 4.39 Å². The van der Waals surface area contributed by atoms with E-state index >= 15 is 0 Å². The van der Waals surface area contributed by atoms with Crippen LogP contribution in [-0.4, -0.2) is 18.4 Å². The van der Waals surface area contributed by atoms with E-state index < -0.39 is 0 Å². The van der Waals surface area contributed by atoms with Gasteiger partial charge >= 0.3 is 0 Å². The number of benzene rings is 1. The Morgan fingerprint density at radius 2 is 2.11 bits per heavy atom. The quantitative estimate of drug-likeness (QED) is 0.890. The number of halogens is 2. The highest BCUT2D eigenvalue weighted by atomic mass is 35.5. The standard InChI is InChI=1S/C14H17ClFNO/c15-11-5-6-14(16)10(7-11)8-13(18)9-17-12-3-1-2-4-12/h5-7,12,17H,1-4,8-9H2. The first-order valence-corrected chi connectivity index (χ1v) is 6.72. The molecule has 0 bridgehead atoms. The molecule has 0 spiro atoms. The fourth-order valence-corrected chi connectivity index (χ4v) is 2.54. The van der Waals surface area contributed by atoms with Gasteiger partial charge in [-0.3, -0.25) is 4.79 Å². The minimum Gasteiger partial charge on any atom is -0.307 e. The molecule has 0 aliphatic heterocycles. The average Bonchev–Trinajstić information content (AvgIpc) is 2.84. The third-order valence-corrected chi connectivity index (χ3v) is 3.57. The highest BCUT2D eigenvalue weighted by molar-refractivity contribution is 6.30. The van der Waals surface area contributed by atoms with Gasteiger partial charge in [-0.15, -0.1) is 0 Å². The molecule has 0 aromatic heterocycles. The molecule has 1 N–H and O–H groups in total. The third kappa shape index (κ3) is 3.79. The van der Waals surface area contributed by atoms with Crippen molar-refractivity contribution in [2.75, 3.05) is 6.54 Å². The van der Waals surface area contributed by atoms with Crippen LogP contribution < -0.4 is 5.32 Å². The number of hydrogen-bond acceptors (Lipinski definition) is 2. The summed E-state index contributed by atoms with van der Waals surface area (Å²) in [6.45, 7) is 0.316. The summed E-state index contributed by atoms with van der Waals surface area (Å²) in [5.41, 5.74) is 0.376. The minimum atomic E-state index is -0.367. The van der Waals surface area contributed by atoms with Gasteiger partial charge in [-0.05, 0) is 36.6 Å². The van der Waals surface area contributed by atoms with Crippen molar-refractivity contribution in [3.63, 3.8) is 0 Å². The molecule has 1 saturated carbocycles. The van der Waals surface area contributed by atoms with E-state index in [0.717, 1.165) is 12.8 Å². The first-order chi connectivity index (χ1) is 8.65. The van der Waals surface area contributed by atoms with Crippen molar-refractivity contribution in [1.29, 1.82) is 0 Å². The van der Waals surface area contributed by atoms with E-state index in [4.69, 9.17) is 11.6 Å².